The minimum absolute atomic E-state index is 0.121. The fraction of sp³-hybridized carbons (Fsp3) is 0.321. The predicted molar refractivity (Wildman–Crippen MR) is 280 cm³/mol. The van der Waals surface area contributed by atoms with Gasteiger partial charge in [0.05, 0.1) is 40.4 Å². The van der Waals surface area contributed by atoms with Gasteiger partial charge in [-0.05, 0) is 105 Å². The number of esters is 1. The molecule has 4 aromatic carbocycles. The highest BCUT2D eigenvalue weighted by Crippen LogP contribution is 2.40. The molecule has 0 aliphatic carbocycles. The topological polar surface area (TPSA) is 156 Å². The zero-order valence-corrected chi connectivity index (χ0v) is 41.3. The molecule has 2 fully saturated rings. The first kappa shape index (κ1) is 49.2. The van der Waals surface area contributed by atoms with Crippen molar-refractivity contribution in [3.05, 3.63) is 156 Å². The molecule has 2 saturated heterocycles. The van der Waals surface area contributed by atoms with Gasteiger partial charge in [0, 0.05) is 101 Å². The van der Waals surface area contributed by atoms with Gasteiger partial charge in [0.1, 0.15) is 22.9 Å². The number of aromatic nitrogens is 6. The number of carbonyl (C=O) groups excluding carboxylic acids is 1. The van der Waals surface area contributed by atoms with Crippen LogP contribution in [0.3, 0.4) is 0 Å². The number of aryl methyl sites for hydroxylation is 2. The number of anilines is 2. The van der Waals surface area contributed by atoms with E-state index < -0.39 is 5.97 Å². The zero-order chi connectivity index (χ0) is 49.8. The van der Waals surface area contributed by atoms with Gasteiger partial charge in [-0.1, -0.05) is 48.5 Å². The van der Waals surface area contributed by atoms with Gasteiger partial charge in [0.2, 0.25) is 0 Å². The van der Waals surface area contributed by atoms with Crippen LogP contribution in [-0.4, -0.2) is 129 Å². The number of carboxylic acids is 1. The Hall–Kier alpha value is -7.82. The van der Waals surface area contributed by atoms with Crippen LogP contribution in [-0.2, 0) is 27.4 Å². The van der Waals surface area contributed by atoms with Crippen LogP contribution in [0.4, 0.5) is 11.4 Å². The van der Waals surface area contributed by atoms with Crippen molar-refractivity contribution < 1.29 is 28.9 Å². The minimum atomic E-state index is -0.992. The number of ether oxygens (including phenoxy) is 3. The van der Waals surface area contributed by atoms with E-state index in [9.17, 15) is 14.7 Å². The first-order valence-corrected chi connectivity index (χ1v) is 24.7. The van der Waals surface area contributed by atoms with Crippen molar-refractivity contribution in [2.24, 2.45) is 0 Å². The van der Waals surface area contributed by atoms with Crippen molar-refractivity contribution >= 4 is 45.1 Å². The maximum absolute atomic E-state index is 12.1. The summed E-state index contributed by atoms with van der Waals surface area (Å²) in [5, 5.41) is 20.8. The second kappa shape index (κ2) is 23.4. The minimum Gasteiger partial charge on any atom is -0.479 e. The zero-order valence-electron chi connectivity index (χ0n) is 41.3. The summed E-state index contributed by atoms with van der Waals surface area (Å²) in [6.45, 7) is 14.2. The van der Waals surface area contributed by atoms with Crippen LogP contribution in [0.2, 0.25) is 0 Å². The Balaban J connectivity index is 0.000000178. The molecule has 2 aliphatic rings. The summed E-state index contributed by atoms with van der Waals surface area (Å²) in [5.74, 6) is -0.0534. The lowest BCUT2D eigenvalue weighted by Gasteiger charge is -2.27. The molecule has 372 valence electrons. The Kier molecular flexibility index (Phi) is 16.0. The summed E-state index contributed by atoms with van der Waals surface area (Å²) in [6.07, 6.45) is 9.58. The molecule has 0 bridgehead atoms. The van der Waals surface area contributed by atoms with Crippen LogP contribution in [0.1, 0.15) is 42.3 Å². The highest BCUT2D eigenvalue weighted by molar-refractivity contribution is 5.96. The summed E-state index contributed by atoms with van der Waals surface area (Å²) in [7, 11) is 0. The van der Waals surface area contributed by atoms with Crippen molar-refractivity contribution in [1.82, 2.24) is 39.3 Å². The number of hydrogen-bond donors (Lipinski definition) is 1. The molecule has 0 spiro atoms. The van der Waals surface area contributed by atoms with Crippen molar-refractivity contribution in [3.63, 3.8) is 0 Å². The number of pyridine rings is 2. The highest BCUT2D eigenvalue weighted by atomic mass is 16.6. The number of benzene rings is 4. The van der Waals surface area contributed by atoms with Crippen LogP contribution in [0.5, 0.6) is 11.5 Å². The molecular formula is C56H62N10O6. The molecule has 0 amide bonds. The Labute approximate surface area is 420 Å². The molecule has 0 unspecified atom stereocenters. The van der Waals surface area contributed by atoms with Crippen LogP contribution < -0.4 is 19.3 Å². The number of para-hydroxylation sites is 2. The Morgan fingerprint density at radius 2 is 1.04 bits per heavy atom. The third-order valence-electron chi connectivity index (χ3n) is 12.9. The van der Waals surface area contributed by atoms with Crippen LogP contribution in [0.25, 0.3) is 33.2 Å². The van der Waals surface area contributed by atoms with Crippen molar-refractivity contribution in [2.75, 3.05) is 82.0 Å². The number of rotatable bonds is 15. The molecule has 8 aromatic rings. The molecule has 0 radical (unpaired) electrons. The lowest BCUT2D eigenvalue weighted by Crippen LogP contribution is -2.31. The van der Waals surface area contributed by atoms with E-state index in [1.54, 1.807) is 13.1 Å². The molecule has 10 rings (SSSR count). The van der Waals surface area contributed by atoms with Gasteiger partial charge in [-0.2, -0.15) is 10.2 Å². The van der Waals surface area contributed by atoms with E-state index in [-0.39, 0.29) is 19.2 Å². The average Bonchev–Trinajstić information content (AvgIpc) is 3.93. The van der Waals surface area contributed by atoms with Gasteiger partial charge in [-0.15, -0.1) is 0 Å². The quantitative estimate of drug-likeness (QED) is 0.0980. The van der Waals surface area contributed by atoms with Gasteiger partial charge >= 0.3 is 11.9 Å². The van der Waals surface area contributed by atoms with Crippen molar-refractivity contribution in [2.45, 2.75) is 46.7 Å². The second-order valence-corrected chi connectivity index (χ2v) is 18.1. The molecular weight excluding hydrogens is 909 g/mol. The van der Waals surface area contributed by atoms with Gasteiger partial charge in [-0.3, -0.25) is 19.8 Å². The fourth-order valence-corrected chi connectivity index (χ4v) is 9.57. The lowest BCUT2D eigenvalue weighted by molar-refractivity contribution is -0.145. The van der Waals surface area contributed by atoms with E-state index in [0.717, 1.165) is 145 Å². The molecule has 0 saturated carbocycles. The van der Waals surface area contributed by atoms with Crippen LogP contribution in [0, 0.1) is 13.8 Å². The van der Waals surface area contributed by atoms with Crippen LogP contribution in [0.15, 0.2) is 134 Å². The SMILES string of the molecule is CCOC(=O)COc1c(C)cc2cccnc2c1N1CCCN(Cc2ccn(-c3ccccc3)n2)CC1.Cc1cc2cccnc2c(N2CCCN(Cc3ccn(-c4ccccc4)n3)CC2)c1OCC(=O)O. The number of nitrogens with zero attached hydrogens (tertiary/aromatic N) is 10. The van der Waals surface area contributed by atoms with Gasteiger partial charge < -0.3 is 29.1 Å². The molecule has 1 N–H and O–H groups in total. The van der Waals surface area contributed by atoms with Crippen LogP contribution >= 0.6 is 0 Å². The predicted octanol–water partition coefficient (Wildman–Crippen LogP) is 8.29. The maximum atomic E-state index is 12.1. The number of carboxylic acid groups (broad SMARTS) is 1. The number of hydrogen-bond acceptors (Lipinski definition) is 13. The van der Waals surface area contributed by atoms with Crippen molar-refractivity contribution in [3.8, 4) is 22.9 Å². The van der Waals surface area contributed by atoms with E-state index >= 15 is 0 Å². The Morgan fingerprint density at radius 3 is 1.50 bits per heavy atom. The Bertz CT molecular complexity index is 3090. The van der Waals surface area contributed by atoms with E-state index in [2.05, 4.69) is 61.0 Å². The molecule has 72 heavy (non-hydrogen) atoms. The van der Waals surface area contributed by atoms with E-state index in [4.69, 9.17) is 29.4 Å². The smallest absolute Gasteiger partial charge is 0.344 e. The third kappa shape index (κ3) is 12.0. The standard InChI is InChI=1S/C29H33N5O3.C27H29N5O3/c1-3-36-26(35)21-37-29-22(2)19-23-9-7-13-30-27(23)28(29)33-15-8-14-32(17-18-33)20-24-12-16-34(31-24)25-10-5-4-6-11-25;1-20-17-21-7-5-11-28-25(21)26(27(20)35-19-24(33)34)31-13-6-12-30(15-16-31)18-22-10-14-32(29-22)23-8-3-2-4-9-23/h4-7,9-13,16,19H,3,8,14-15,17-18,20-21H2,1-2H3;2-5,7-11,14,17H,6,12-13,15-16,18-19H2,1H3,(H,33,34). The first-order chi connectivity index (χ1) is 35.2. The Morgan fingerprint density at radius 1 is 0.569 bits per heavy atom. The third-order valence-corrected chi connectivity index (χ3v) is 12.9. The number of aliphatic carboxylic acids is 1. The summed E-state index contributed by atoms with van der Waals surface area (Å²) >= 11 is 0. The molecule has 16 nitrogen and oxygen atoms in total. The summed E-state index contributed by atoms with van der Waals surface area (Å²) in [6, 6.07) is 36.5. The van der Waals surface area contributed by atoms with E-state index in [1.165, 1.54) is 0 Å². The van der Waals surface area contributed by atoms with Gasteiger partial charge in [-0.25, -0.2) is 19.0 Å². The van der Waals surface area contributed by atoms with E-state index in [0.29, 0.717) is 18.1 Å². The van der Waals surface area contributed by atoms with Crippen molar-refractivity contribution in [1.29, 1.82) is 0 Å². The average molecular weight is 971 g/mol. The summed E-state index contributed by atoms with van der Waals surface area (Å²) < 4.78 is 20.8. The van der Waals surface area contributed by atoms with Gasteiger partial charge in [0.15, 0.2) is 13.2 Å². The van der Waals surface area contributed by atoms with Gasteiger partial charge in [0.25, 0.3) is 0 Å². The lowest BCUT2D eigenvalue weighted by atomic mass is 10.1. The second-order valence-electron chi connectivity index (χ2n) is 18.1. The first-order valence-electron chi connectivity index (χ1n) is 24.7. The molecule has 2 aliphatic heterocycles. The molecule has 0 atom stereocenters. The van der Waals surface area contributed by atoms with E-state index in [1.807, 2.05) is 115 Å². The molecule has 6 heterocycles. The summed E-state index contributed by atoms with van der Waals surface area (Å²) in [4.78, 5) is 42.1. The number of fused-ring (bicyclic) bond motifs is 2. The summed E-state index contributed by atoms with van der Waals surface area (Å²) in [5.41, 5.74) is 9.66. The normalized spacial score (nSPS) is 14.6. The maximum Gasteiger partial charge on any atom is 0.344 e. The number of carbonyl (C=O) groups is 2. The largest absolute Gasteiger partial charge is 0.479 e. The molecule has 16 heteroatoms. The monoisotopic (exact) mass is 970 g/mol. The fourth-order valence-electron chi connectivity index (χ4n) is 9.57. The highest BCUT2D eigenvalue weighted by Gasteiger charge is 2.26. The molecule has 4 aromatic heterocycles.